The molecule has 1 fully saturated rings. The smallest absolute Gasteiger partial charge is 0.324 e. The molecule has 9 heteroatoms. The Morgan fingerprint density at radius 3 is 2.77 bits per heavy atom. The first-order valence-corrected chi connectivity index (χ1v) is 9.76. The van der Waals surface area contributed by atoms with Crippen molar-refractivity contribution in [3.63, 3.8) is 0 Å². The minimum absolute atomic E-state index is 0.0946. The van der Waals surface area contributed by atoms with Crippen LogP contribution >= 0.6 is 11.6 Å². The second-order valence-electron chi connectivity index (χ2n) is 7.20. The molecule has 2 aromatic carbocycles. The highest BCUT2D eigenvalue weighted by atomic mass is 35.5. The number of aliphatic imine (C=N–C) groups is 1. The number of halogens is 4. The summed E-state index contributed by atoms with van der Waals surface area (Å²) < 4.78 is 39.9. The van der Waals surface area contributed by atoms with Gasteiger partial charge < -0.3 is 10.2 Å². The molecule has 156 valence electrons. The molecule has 1 aliphatic heterocycles. The first-order chi connectivity index (χ1) is 14.2. The molecule has 2 aromatic rings. The summed E-state index contributed by atoms with van der Waals surface area (Å²) >= 11 is 5.68. The van der Waals surface area contributed by atoms with Crippen molar-refractivity contribution in [1.29, 1.82) is 0 Å². The van der Waals surface area contributed by atoms with Crippen LogP contribution in [0.5, 0.6) is 0 Å². The van der Waals surface area contributed by atoms with Crippen molar-refractivity contribution < 1.29 is 22.8 Å². The summed E-state index contributed by atoms with van der Waals surface area (Å²) in [5.41, 5.74) is 0.359. The average molecular weight is 436 g/mol. The molecule has 30 heavy (non-hydrogen) atoms. The zero-order chi connectivity index (χ0) is 21.5. The average Bonchev–Trinajstić information content (AvgIpc) is 3.11. The van der Waals surface area contributed by atoms with Gasteiger partial charge in [-0.05, 0) is 49.6 Å². The quantitative estimate of drug-likeness (QED) is 0.718. The van der Waals surface area contributed by atoms with Crippen molar-refractivity contribution in [2.24, 2.45) is 10.9 Å². The predicted molar refractivity (Wildman–Crippen MR) is 108 cm³/mol. The van der Waals surface area contributed by atoms with Crippen molar-refractivity contribution in [1.82, 2.24) is 0 Å². The first-order valence-electron chi connectivity index (χ1n) is 9.38. The summed E-state index contributed by atoms with van der Waals surface area (Å²) in [5.74, 6) is -1.42. The molecule has 0 spiro atoms. The Labute approximate surface area is 175 Å². The number of benzene rings is 2. The van der Waals surface area contributed by atoms with Crippen LogP contribution in [-0.2, 0) is 15.8 Å². The highest BCUT2D eigenvalue weighted by molar-refractivity contribution is 6.30. The number of carbonyl (C=O) groups excluding carboxylic acids is 2. The Hall–Kier alpha value is -2.87. The van der Waals surface area contributed by atoms with E-state index in [0.29, 0.717) is 24.2 Å². The maximum absolute atomic E-state index is 13.3. The van der Waals surface area contributed by atoms with Gasteiger partial charge in [0.15, 0.2) is 0 Å². The molecule has 0 bridgehead atoms. The fourth-order valence-electron chi connectivity index (χ4n) is 3.83. The van der Waals surface area contributed by atoms with Gasteiger partial charge in [0.05, 0.1) is 28.5 Å². The lowest BCUT2D eigenvalue weighted by atomic mass is 10.1. The maximum Gasteiger partial charge on any atom is 0.418 e. The normalized spacial score (nSPS) is 18.4. The number of amides is 2. The minimum atomic E-state index is -4.69. The van der Waals surface area contributed by atoms with Crippen molar-refractivity contribution in [2.45, 2.75) is 25.4 Å². The number of alkyl halides is 3. The Bertz CT molecular complexity index is 1050. The number of rotatable bonds is 3. The number of para-hydroxylation sites is 2. The van der Waals surface area contributed by atoms with Gasteiger partial charge in [0, 0.05) is 10.7 Å². The largest absolute Gasteiger partial charge is 0.418 e. The van der Waals surface area contributed by atoms with Gasteiger partial charge in [-0.25, -0.2) is 0 Å². The predicted octanol–water partition coefficient (Wildman–Crippen LogP) is 5.22. The monoisotopic (exact) mass is 435 g/mol. The topological polar surface area (TPSA) is 61.8 Å². The Morgan fingerprint density at radius 2 is 2.00 bits per heavy atom. The highest BCUT2D eigenvalue weighted by Crippen LogP contribution is 2.39. The molecular formula is C21H17ClF3N3O2. The van der Waals surface area contributed by atoms with Crippen LogP contribution in [0.2, 0.25) is 5.02 Å². The summed E-state index contributed by atoms with van der Waals surface area (Å²) in [5, 5.41) is 2.18. The summed E-state index contributed by atoms with van der Waals surface area (Å²) in [6.07, 6.45) is -2.51. The maximum atomic E-state index is 13.3. The van der Waals surface area contributed by atoms with Gasteiger partial charge >= 0.3 is 6.18 Å². The Balaban J connectivity index is 1.62. The van der Waals surface area contributed by atoms with Gasteiger partial charge in [-0.15, -0.1) is 0 Å². The van der Waals surface area contributed by atoms with E-state index in [9.17, 15) is 22.8 Å². The Kier molecular flexibility index (Phi) is 5.27. The molecule has 1 aliphatic carbocycles. The molecule has 0 aromatic heterocycles. The van der Waals surface area contributed by atoms with Gasteiger partial charge in [0.2, 0.25) is 11.8 Å². The zero-order valence-corrected chi connectivity index (χ0v) is 16.4. The third-order valence-corrected chi connectivity index (χ3v) is 5.43. The molecule has 2 amide bonds. The van der Waals surface area contributed by atoms with Crippen LogP contribution in [0.1, 0.15) is 24.8 Å². The van der Waals surface area contributed by atoms with E-state index in [1.807, 2.05) is 0 Å². The summed E-state index contributed by atoms with van der Waals surface area (Å²) in [6.45, 7) is -0.422. The van der Waals surface area contributed by atoms with Crippen LogP contribution in [0.25, 0.3) is 0 Å². The van der Waals surface area contributed by atoms with E-state index in [0.717, 1.165) is 24.3 Å². The number of hydrogen-bond donors (Lipinski definition) is 1. The SMILES string of the molecule is O=C(CN1C(=O)[C@@H]2CCCC2=Nc2ccccc21)Nc1ccc(Cl)cc1C(F)(F)F. The lowest BCUT2D eigenvalue weighted by Gasteiger charge is -2.24. The van der Waals surface area contributed by atoms with E-state index in [-0.39, 0.29) is 10.9 Å². The molecule has 1 N–H and O–H groups in total. The number of fused-ring (bicyclic) bond motifs is 2. The van der Waals surface area contributed by atoms with Crippen LogP contribution in [0, 0.1) is 5.92 Å². The van der Waals surface area contributed by atoms with E-state index in [1.54, 1.807) is 24.3 Å². The van der Waals surface area contributed by atoms with Crippen molar-refractivity contribution >= 4 is 46.2 Å². The van der Waals surface area contributed by atoms with Gasteiger partial charge in [-0.1, -0.05) is 23.7 Å². The first kappa shape index (κ1) is 20.4. The number of carbonyl (C=O) groups is 2. The van der Waals surface area contributed by atoms with Crippen molar-refractivity contribution in [3.05, 3.63) is 53.1 Å². The fraction of sp³-hybridized carbons (Fsp3) is 0.286. The molecule has 1 heterocycles. The lowest BCUT2D eigenvalue weighted by molar-refractivity contribution is -0.137. The van der Waals surface area contributed by atoms with Crippen molar-refractivity contribution in [2.75, 3.05) is 16.8 Å². The van der Waals surface area contributed by atoms with Crippen LogP contribution in [0.3, 0.4) is 0 Å². The van der Waals surface area contributed by atoms with Crippen LogP contribution in [-0.4, -0.2) is 24.1 Å². The lowest BCUT2D eigenvalue weighted by Crippen LogP contribution is -2.42. The molecule has 4 rings (SSSR count). The van der Waals surface area contributed by atoms with E-state index in [2.05, 4.69) is 10.3 Å². The van der Waals surface area contributed by atoms with Gasteiger partial charge in [-0.3, -0.25) is 14.6 Å². The van der Waals surface area contributed by atoms with Gasteiger partial charge in [0.1, 0.15) is 6.54 Å². The third kappa shape index (κ3) is 3.92. The molecule has 0 radical (unpaired) electrons. The molecule has 1 saturated carbocycles. The molecule has 5 nitrogen and oxygen atoms in total. The second kappa shape index (κ2) is 7.75. The number of anilines is 2. The Morgan fingerprint density at radius 1 is 1.23 bits per heavy atom. The number of nitrogens with zero attached hydrogens (tertiary/aromatic N) is 2. The van der Waals surface area contributed by atoms with E-state index in [4.69, 9.17) is 11.6 Å². The number of hydrogen-bond acceptors (Lipinski definition) is 3. The standard InChI is InChI=1S/C21H17ClF3N3O2/c22-12-8-9-16(14(10-12)21(23,24)25)27-19(29)11-28-18-7-2-1-5-17(18)26-15-6-3-4-13(15)20(28)30/h1-2,5,7-10,13H,3-4,6,11H2,(H,27,29)/t13-/m1/s1. The summed E-state index contributed by atoms with van der Waals surface area (Å²) in [7, 11) is 0. The highest BCUT2D eigenvalue weighted by Gasteiger charge is 2.38. The molecule has 0 saturated heterocycles. The van der Waals surface area contributed by atoms with E-state index in [1.165, 1.54) is 11.0 Å². The molecular weight excluding hydrogens is 419 g/mol. The van der Waals surface area contributed by atoms with Crippen LogP contribution in [0.15, 0.2) is 47.5 Å². The van der Waals surface area contributed by atoms with Gasteiger partial charge in [-0.2, -0.15) is 13.2 Å². The van der Waals surface area contributed by atoms with E-state index < -0.39 is 35.8 Å². The summed E-state index contributed by atoms with van der Waals surface area (Å²) in [4.78, 5) is 31.7. The second-order valence-corrected chi connectivity index (χ2v) is 7.63. The van der Waals surface area contributed by atoms with Gasteiger partial charge in [0.25, 0.3) is 0 Å². The zero-order valence-electron chi connectivity index (χ0n) is 15.7. The number of nitrogens with one attached hydrogen (secondary N) is 1. The summed E-state index contributed by atoms with van der Waals surface area (Å²) in [6, 6.07) is 10.0. The molecule has 2 aliphatic rings. The molecule has 0 unspecified atom stereocenters. The third-order valence-electron chi connectivity index (χ3n) is 5.19. The molecule has 1 atom stereocenters. The van der Waals surface area contributed by atoms with E-state index >= 15 is 0 Å². The van der Waals surface area contributed by atoms with Crippen LogP contribution < -0.4 is 10.2 Å². The minimum Gasteiger partial charge on any atom is -0.324 e. The van der Waals surface area contributed by atoms with Crippen LogP contribution in [0.4, 0.5) is 30.2 Å². The fourth-order valence-corrected chi connectivity index (χ4v) is 4.01. The van der Waals surface area contributed by atoms with Crippen molar-refractivity contribution in [3.8, 4) is 0 Å².